The van der Waals surface area contributed by atoms with Gasteiger partial charge in [0, 0.05) is 0 Å². The van der Waals surface area contributed by atoms with Crippen molar-refractivity contribution >= 4 is 5.97 Å². The van der Waals surface area contributed by atoms with Crippen molar-refractivity contribution in [3.05, 3.63) is 0 Å². The molecule has 4 saturated carbocycles. The van der Waals surface area contributed by atoms with Crippen LogP contribution in [0.15, 0.2) is 0 Å². The van der Waals surface area contributed by atoms with Gasteiger partial charge in [-0.15, -0.1) is 0 Å². The van der Waals surface area contributed by atoms with Gasteiger partial charge in [-0.1, -0.05) is 67.2 Å². The van der Waals surface area contributed by atoms with Crippen LogP contribution in [0.4, 0.5) is 0 Å². The molecule has 0 aromatic heterocycles. The fourth-order valence-corrected chi connectivity index (χ4v) is 9.73. The van der Waals surface area contributed by atoms with Gasteiger partial charge in [-0.25, -0.2) is 0 Å². The van der Waals surface area contributed by atoms with Gasteiger partial charge in [0.1, 0.15) is 0 Å². The maximum atomic E-state index is 11.7. The molecule has 4 rings (SSSR count). The molecule has 0 bridgehead atoms. The molecule has 9 atom stereocenters. The highest BCUT2D eigenvalue weighted by Crippen LogP contribution is 2.68. The molecule has 0 radical (unpaired) electrons. The summed E-state index contributed by atoms with van der Waals surface area (Å²) >= 11 is 0. The molecule has 0 spiro atoms. The second-order valence-corrected chi connectivity index (χ2v) is 13.9. The molecule has 190 valence electrons. The van der Waals surface area contributed by atoms with E-state index in [1.165, 1.54) is 77.0 Å². The largest absolute Gasteiger partial charge is 0.465 e. The molecule has 2 nitrogen and oxygen atoms in total. The summed E-state index contributed by atoms with van der Waals surface area (Å²) < 4.78 is 5.47. The molecule has 4 aliphatic carbocycles. The minimum Gasteiger partial charge on any atom is -0.465 e. The number of carbonyl (C=O) groups is 1. The van der Waals surface area contributed by atoms with Crippen molar-refractivity contribution in [2.45, 2.75) is 125 Å². The van der Waals surface area contributed by atoms with E-state index < -0.39 is 0 Å². The van der Waals surface area contributed by atoms with Gasteiger partial charge in [-0.05, 0) is 110 Å². The van der Waals surface area contributed by atoms with Gasteiger partial charge in [0.05, 0.1) is 12.5 Å². The van der Waals surface area contributed by atoms with Crippen molar-refractivity contribution in [1.29, 1.82) is 0 Å². The molecule has 0 aromatic carbocycles. The highest BCUT2D eigenvalue weighted by Gasteiger charge is 2.60. The first-order valence-corrected chi connectivity index (χ1v) is 14.8. The van der Waals surface area contributed by atoms with E-state index in [1.54, 1.807) is 6.42 Å². The van der Waals surface area contributed by atoms with Gasteiger partial charge in [0.2, 0.25) is 0 Å². The Morgan fingerprint density at radius 2 is 1.61 bits per heavy atom. The van der Waals surface area contributed by atoms with Gasteiger partial charge < -0.3 is 4.74 Å². The Morgan fingerprint density at radius 1 is 0.848 bits per heavy atom. The summed E-state index contributed by atoms with van der Waals surface area (Å²) in [4.78, 5) is 11.7. The van der Waals surface area contributed by atoms with Crippen molar-refractivity contribution in [3.8, 4) is 0 Å². The second-order valence-electron chi connectivity index (χ2n) is 13.9. The number of rotatable bonds is 8. The maximum absolute atomic E-state index is 11.7. The van der Waals surface area contributed by atoms with Crippen molar-refractivity contribution in [2.75, 3.05) is 6.61 Å². The van der Waals surface area contributed by atoms with Crippen LogP contribution in [0, 0.1) is 58.2 Å². The first-order chi connectivity index (χ1) is 15.7. The highest BCUT2D eigenvalue weighted by molar-refractivity contribution is 5.71. The molecule has 4 fully saturated rings. The summed E-state index contributed by atoms with van der Waals surface area (Å²) in [5.41, 5.74) is 1.26. The monoisotopic (exact) mass is 458 g/mol. The average Bonchev–Trinajstić information content (AvgIpc) is 3.14. The molecule has 0 aliphatic heterocycles. The van der Waals surface area contributed by atoms with E-state index >= 15 is 0 Å². The molecular formula is C31H54O2. The van der Waals surface area contributed by atoms with Crippen LogP contribution in [0.25, 0.3) is 0 Å². The Morgan fingerprint density at radius 3 is 2.36 bits per heavy atom. The molecular weight excluding hydrogens is 404 g/mol. The van der Waals surface area contributed by atoms with Crippen LogP contribution >= 0.6 is 0 Å². The smallest absolute Gasteiger partial charge is 0.308 e. The van der Waals surface area contributed by atoms with Gasteiger partial charge in [0.15, 0.2) is 0 Å². The number of hydrogen-bond acceptors (Lipinski definition) is 2. The standard InChI is InChI=1S/C31H54O2/c1-21(2)29(32)33-20-22(3)10-9-11-23(4)26-15-16-27-25-14-13-24-12-7-8-18-30(24,5)28(25)17-19-31(26,27)6/h21-28H,7-20H2,1-6H3/t22?,23-,24?,25+,26-,27+,28+,30+,31-/m1/s1. The van der Waals surface area contributed by atoms with E-state index in [-0.39, 0.29) is 11.9 Å². The lowest BCUT2D eigenvalue weighted by Gasteiger charge is -2.61. The number of esters is 1. The molecule has 4 aliphatic rings. The third-order valence-electron chi connectivity index (χ3n) is 11.7. The molecule has 0 saturated heterocycles. The molecule has 33 heavy (non-hydrogen) atoms. The van der Waals surface area contributed by atoms with Crippen molar-refractivity contribution < 1.29 is 9.53 Å². The van der Waals surface area contributed by atoms with Gasteiger partial charge >= 0.3 is 5.97 Å². The van der Waals surface area contributed by atoms with Crippen molar-refractivity contribution in [2.24, 2.45) is 58.2 Å². The van der Waals surface area contributed by atoms with Crippen LogP contribution in [0.5, 0.6) is 0 Å². The predicted molar refractivity (Wildman–Crippen MR) is 138 cm³/mol. The van der Waals surface area contributed by atoms with Gasteiger partial charge in [0.25, 0.3) is 0 Å². The van der Waals surface area contributed by atoms with E-state index in [2.05, 4.69) is 27.7 Å². The summed E-state index contributed by atoms with van der Waals surface area (Å²) in [5.74, 6) is 6.26. The molecule has 0 aromatic rings. The van der Waals surface area contributed by atoms with Gasteiger partial charge in [-0.3, -0.25) is 4.79 Å². The number of fused-ring (bicyclic) bond motifs is 5. The van der Waals surface area contributed by atoms with E-state index in [9.17, 15) is 4.79 Å². The maximum Gasteiger partial charge on any atom is 0.308 e. The number of ether oxygens (including phenoxy) is 1. The zero-order valence-electron chi connectivity index (χ0n) is 22.8. The summed E-state index contributed by atoms with van der Waals surface area (Å²) in [6, 6.07) is 0. The Bertz CT molecular complexity index is 670. The lowest BCUT2D eigenvalue weighted by atomic mass is 9.44. The molecule has 2 heteroatoms. The fourth-order valence-electron chi connectivity index (χ4n) is 9.73. The van der Waals surface area contributed by atoms with E-state index in [4.69, 9.17) is 4.74 Å². The third kappa shape index (κ3) is 4.93. The van der Waals surface area contributed by atoms with Crippen molar-refractivity contribution in [1.82, 2.24) is 0 Å². The van der Waals surface area contributed by atoms with Gasteiger partial charge in [-0.2, -0.15) is 0 Å². The van der Waals surface area contributed by atoms with Crippen LogP contribution < -0.4 is 0 Å². The minimum atomic E-state index is -0.0492. The SMILES string of the molecule is CC(CCC[C@@H](C)[C@H]1CC[C@H]2[C@@H]3CCC4CCCC[C@]4(C)[C@H]3CC[C@]12C)COC(=O)C(C)C. The van der Waals surface area contributed by atoms with Crippen LogP contribution in [0.1, 0.15) is 125 Å². The van der Waals surface area contributed by atoms with E-state index in [0.29, 0.717) is 23.4 Å². The quantitative estimate of drug-likeness (QED) is 0.340. The first kappa shape index (κ1) is 25.6. The second kappa shape index (κ2) is 10.2. The predicted octanol–water partition coefficient (Wildman–Crippen LogP) is 8.68. The lowest BCUT2D eigenvalue weighted by molar-refractivity contribution is -0.148. The number of carbonyl (C=O) groups excluding carboxylic acids is 1. The third-order valence-corrected chi connectivity index (χ3v) is 11.7. The zero-order valence-corrected chi connectivity index (χ0v) is 22.8. The Hall–Kier alpha value is -0.530. The summed E-state index contributed by atoms with van der Waals surface area (Å²) in [7, 11) is 0. The Labute approximate surface area is 205 Å². The van der Waals surface area contributed by atoms with E-state index in [1.807, 2.05) is 13.8 Å². The van der Waals surface area contributed by atoms with Crippen molar-refractivity contribution in [3.63, 3.8) is 0 Å². The highest BCUT2D eigenvalue weighted by atomic mass is 16.5. The van der Waals surface area contributed by atoms with Crippen LogP contribution in [-0.2, 0) is 9.53 Å². The van der Waals surface area contributed by atoms with Crippen LogP contribution in [-0.4, -0.2) is 12.6 Å². The Kier molecular flexibility index (Phi) is 7.92. The van der Waals surface area contributed by atoms with Crippen LogP contribution in [0.2, 0.25) is 0 Å². The van der Waals surface area contributed by atoms with E-state index in [0.717, 1.165) is 35.5 Å². The Balaban J connectivity index is 1.30. The summed E-state index contributed by atoms with van der Waals surface area (Å²) in [5, 5.41) is 0. The lowest BCUT2D eigenvalue weighted by Crippen LogP contribution is -2.53. The molecule has 0 amide bonds. The average molecular weight is 459 g/mol. The normalized spacial score (nSPS) is 42.2. The summed E-state index contributed by atoms with van der Waals surface area (Å²) in [6.45, 7) is 14.7. The molecule has 0 heterocycles. The topological polar surface area (TPSA) is 26.3 Å². The number of hydrogen-bond donors (Lipinski definition) is 0. The fraction of sp³-hybridized carbons (Fsp3) is 0.968. The molecule has 0 N–H and O–H groups in total. The molecule has 2 unspecified atom stereocenters. The summed E-state index contributed by atoms with van der Waals surface area (Å²) in [6.07, 6.45) is 18.9. The van der Waals surface area contributed by atoms with Crippen LogP contribution in [0.3, 0.4) is 0 Å². The zero-order chi connectivity index (χ0) is 23.8. The minimum absolute atomic E-state index is 0.0147. The first-order valence-electron chi connectivity index (χ1n) is 14.8.